The van der Waals surface area contributed by atoms with Crippen molar-refractivity contribution in [1.29, 1.82) is 0 Å². The van der Waals surface area contributed by atoms with Gasteiger partial charge in [0.1, 0.15) is 0 Å². The number of hydrogen-bond acceptors (Lipinski definition) is 5. The van der Waals surface area contributed by atoms with Crippen molar-refractivity contribution in [2.75, 3.05) is 54.0 Å². The fourth-order valence-electron chi connectivity index (χ4n) is 3.51. The topological polar surface area (TPSA) is 56.3 Å². The molecule has 1 amide bonds. The summed E-state index contributed by atoms with van der Waals surface area (Å²) in [5.74, 6) is -0.0291. The van der Waals surface area contributed by atoms with Crippen LogP contribution in [0, 0.1) is 0 Å². The lowest BCUT2D eigenvalue weighted by atomic mass is 9.86. The molecule has 6 nitrogen and oxygen atoms in total. The van der Waals surface area contributed by atoms with E-state index >= 15 is 0 Å². The molecular weight excluding hydrogens is 294 g/mol. The van der Waals surface area contributed by atoms with Gasteiger partial charge in [-0.2, -0.15) is 0 Å². The molecule has 0 aromatic carbocycles. The van der Waals surface area contributed by atoms with E-state index in [2.05, 4.69) is 4.90 Å². The minimum atomic E-state index is -0.488. The predicted molar refractivity (Wildman–Crippen MR) is 90.3 cm³/mol. The van der Waals surface area contributed by atoms with E-state index in [4.69, 9.17) is 4.74 Å². The summed E-state index contributed by atoms with van der Waals surface area (Å²) < 4.78 is 5.40. The Morgan fingerprint density at radius 3 is 2.61 bits per heavy atom. The molecule has 3 atom stereocenters. The normalized spacial score (nSPS) is 30.0. The molecule has 1 heterocycles. The number of aliphatic hydroxyl groups is 1. The number of hydrogen-bond donors (Lipinski definition) is 1. The molecule has 0 unspecified atom stereocenters. The molecule has 23 heavy (non-hydrogen) atoms. The van der Waals surface area contributed by atoms with Crippen LogP contribution in [-0.4, -0.2) is 97.9 Å². The Balaban J connectivity index is 1.94. The van der Waals surface area contributed by atoms with E-state index in [9.17, 15) is 9.90 Å². The predicted octanol–water partition coefficient (Wildman–Crippen LogP) is 0.177. The van der Waals surface area contributed by atoms with E-state index in [0.29, 0.717) is 0 Å². The fourth-order valence-corrected chi connectivity index (χ4v) is 3.51. The highest BCUT2D eigenvalue weighted by Gasteiger charge is 2.38. The molecule has 2 rings (SSSR count). The summed E-state index contributed by atoms with van der Waals surface area (Å²) in [6.07, 6.45) is 5.90. The van der Waals surface area contributed by atoms with Gasteiger partial charge in [0.05, 0.1) is 25.4 Å². The van der Waals surface area contributed by atoms with Gasteiger partial charge in [0.2, 0.25) is 5.91 Å². The Hall–Kier alpha value is -0.950. The zero-order chi connectivity index (χ0) is 16.8. The summed E-state index contributed by atoms with van der Waals surface area (Å²) >= 11 is 0. The zero-order valence-corrected chi connectivity index (χ0v) is 14.6. The van der Waals surface area contributed by atoms with E-state index in [1.807, 2.05) is 25.1 Å². The van der Waals surface area contributed by atoms with Crippen molar-refractivity contribution in [2.24, 2.45) is 0 Å². The molecule has 1 N–H and O–H groups in total. The van der Waals surface area contributed by atoms with Gasteiger partial charge in [-0.25, -0.2) is 0 Å². The number of aliphatic hydroxyl groups excluding tert-OH is 1. The highest BCUT2D eigenvalue weighted by molar-refractivity contribution is 5.87. The molecule has 132 valence electrons. The Labute approximate surface area is 139 Å². The van der Waals surface area contributed by atoms with Gasteiger partial charge in [0.25, 0.3) is 0 Å². The lowest BCUT2D eigenvalue weighted by molar-refractivity contribution is -0.133. The van der Waals surface area contributed by atoms with Crippen molar-refractivity contribution in [2.45, 2.75) is 37.5 Å². The maximum Gasteiger partial charge on any atom is 0.246 e. The SMILES string of the molecule is CN(C)CC=CC(=O)N(C)[C@@H]1CCC[C@@H](N2CCOCC2)[C@@H]1O. The maximum absolute atomic E-state index is 12.3. The molecular formula is C17H31N3O3. The second-order valence-electron chi connectivity index (χ2n) is 6.82. The van der Waals surface area contributed by atoms with E-state index in [1.165, 1.54) is 0 Å². The molecule has 2 aliphatic rings. The number of carbonyl (C=O) groups excluding carboxylic acids is 1. The Morgan fingerprint density at radius 2 is 1.96 bits per heavy atom. The first-order valence-electron chi connectivity index (χ1n) is 8.58. The van der Waals surface area contributed by atoms with Gasteiger partial charge < -0.3 is 19.6 Å². The molecule has 0 radical (unpaired) electrons. The number of rotatable bonds is 5. The third-order valence-electron chi connectivity index (χ3n) is 4.88. The molecule has 1 saturated carbocycles. The molecule has 0 aromatic rings. The van der Waals surface area contributed by atoms with Crippen LogP contribution in [0.5, 0.6) is 0 Å². The van der Waals surface area contributed by atoms with Crippen molar-refractivity contribution in [3.05, 3.63) is 12.2 Å². The largest absolute Gasteiger partial charge is 0.389 e. The first-order valence-corrected chi connectivity index (χ1v) is 8.58. The quantitative estimate of drug-likeness (QED) is 0.731. The number of nitrogens with zero attached hydrogens (tertiary/aromatic N) is 3. The van der Waals surface area contributed by atoms with Gasteiger partial charge in [-0.3, -0.25) is 9.69 Å². The van der Waals surface area contributed by atoms with Gasteiger partial charge in [0.15, 0.2) is 0 Å². The van der Waals surface area contributed by atoms with Gasteiger partial charge >= 0.3 is 0 Å². The van der Waals surface area contributed by atoms with Crippen LogP contribution < -0.4 is 0 Å². The van der Waals surface area contributed by atoms with Crippen molar-refractivity contribution in [1.82, 2.24) is 14.7 Å². The van der Waals surface area contributed by atoms with Gasteiger partial charge in [-0.15, -0.1) is 0 Å². The molecule has 6 heteroatoms. The highest BCUT2D eigenvalue weighted by Crippen LogP contribution is 2.27. The molecule has 0 bridgehead atoms. The third kappa shape index (κ3) is 5.01. The van der Waals surface area contributed by atoms with Gasteiger partial charge in [0, 0.05) is 38.8 Å². The maximum atomic E-state index is 12.3. The lowest BCUT2D eigenvalue weighted by Crippen LogP contribution is -2.58. The van der Waals surface area contributed by atoms with E-state index < -0.39 is 6.10 Å². The first kappa shape index (κ1) is 18.4. The number of likely N-dealkylation sites (N-methyl/N-ethyl adjacent to an activating group) is 2. The van der Waals surface area contributed by atoms with Crippen LogP contribution in [-0.2, 0) is 9.53 Å². The molecule has 2 fully saturated rings. The Kier molecular flexibility index (Phi) is 7.02. The number of morpholine rings is 1. The van der Waals surface area contributed by atoms with E-state index in [0.717, 1.165) is 52.1 Å². The summed E-state index contributed by atoms with van der Waals surface area (Å²) in [4.78, 5) is 18.4. The standard InChI is InChI=1S/C17H31N3O3/c1-18(2)9-5-8-16(21)19(3)14-6-4-7-15(17(14)22)20-10-12-23-13-11-20/h5,8,14-15,17,22H,4,6-7,9-13H2,1-3H3/t14-,15-,17-/m1/s1. The lowest BCUT2D eigenvalue weighted by Gasteiger charge is -2.45. The van der Waals surface area contributed by atoms with Crippen LogP contribution in [0.25, 0.3) is 0 Å². The molecule has 1 aliphatic heterocycles. The molecule has 1 saturated heterocycles. The zero-order valence-electron chi connectivity index (χ0n) is 14.6. The molecule has 0 spiro atoms. The summed E-state index contributed by atoms with van der Waals surface area (Å²) in [6.45, 7) is 3.94. The van der Waals surface area contributed by atoms with Crippen molar-refractivity contribution in [3.8, 4) is 0 Å². The molecule has 1 aliphatic carbocycles. The third-order valence-corrected chi connectivity index (χ3v) is 4.88. The average Bonchev–Trinajstić information content (AvgIpc) is 2.55. The average molecular weight is 325 g/mol. The fraction of sp³-hybridized carbons (Fsp3) is 0.824. The van der Waals surface area contributed by atoms with Crippen LogP contribution in [0.2, 0.25) is 0 Å². The summed E-state index contributed by atoms with van der Waals surface area (Å²) in [6, 6.07) is 0.0340. The number of amides is 1. The minimum Gasteiger partial charge on any atom is -0.389 e. The second kappa shape index (κ2) is 8.78. The Morgan fingerprint density at radius 1 is 1.26 bits per heavy atom. The minimum absolute atomic E-state index is 0.0291. The van der Waals surface area contributed by atoms with Crippen molar-refractivity contribution in [3.63, 3.8) is 0 Å². The highest BCUT2D eigenvalue weighted by atomic mass is 16.5. The van der Waals surface area contributed by atoms with E-state index in [-0.39, 0.29) is 18.0 Å². The van der Waals surface area contributed by atoms with E-state index in [1.54, 1.807) is 18.0 Å². The van der Waals surface area contributed by atoms with Crippen LogP contribution in [0.1, 0.15) is 19.3 Å². The van der Waals surface area contributed by atoms with Crippen LogP contribution in [0.4, 0.5) is 0 Å². The number of carbonyl (C=O) groups is 1. The van der Waals surface area contributed by atoms with Crippen molar-refractivity contribution >= 4 is 5.91 Å². The first-order chi connectivity index (χ1) is 11.0. The van der Waals surface area contributed by atoms with Gasteiger partial charge in [-0.1, -0.05) is 6.08 Å². The summed E-state index contributed by atoms with van der Waals surface area (Å²) in [5.41, 5.74) is 0. The van der Waals surface area contributed by atoms with Crippen LogP contribution in [0.15, 0.2) is 12.2 Å². The van der Waals surface area contributed by atoms with Crippen LogP contribution in [0.3, 0.4) is 0 Å². The molecule has 0 aromatic heterocycles. The van der Waals surface area contributed by atoms with Gasteiger partial charge in [-0.05, 0) is 33.4 Å². The Bertz CT molecular complexity index is 408. The second-order valence-corrected chi connectivity index (χ2v) is 6.82. The van der Waals surface area contributed by atoms with Crippen molar-refractivity contribution < 1.29 is 14.6 Å². The summed E-state index contributed by atoms with van der Waals surface area (Å²) in [5, 5.41) is 10.8. The monoisotopic (exact) mass is 325 g/mol. The van der Waals surface area contributed by atoms with Crippen LogP contribution >= 0.6 is 0 Å². The number of ether oxygens (including phenoxy) is 1. The smallest absolute Gasteiger partial charge is 0.246 e. The summed E-state index contributed by atoms with van der Waals surface area (Å²) in [7, 11) is 5.74.